The predicted octanol–water partition coefficient (Wildman–Crippen LogP) is 3.05. The lowest BCUT2D eigenvalue weighted by Crippen LogP contribution is -2.52. The molecule has 1 aliphatic rings. The number of nitrogens with zero attached hydrogens (tertiary/aromatic N) is 3. The normalized spacial score (nSPS) is 15.2. The first kappa shape index (κ1) is 16.8. The molecule has 0 aliphatic carbocycles. The molecule has 0 N–H and O–H groups in total. The lowest BCUT2D eigenvalue weighted by Gasteiger charge is -2.38. The average Bonchev–Trinajstić information content (AvgIpc) is 3.23. The van der Waals surface area contributed by atoms with Gasteiger partial charge in [0.25, 0.3) is 5.89 Å². The molecular weight excluding hydrogens is 334 g/mol. The maximum absolute atomic E-state index is 6.00. The maximum Gasteiger partial charge on any atom is 0.252 e. The highest BCUT2D eigenvalue weighted by atomic mass is 16.5. The summed E-state index contributed by atoms with van der Waals surface area (Å²) in [6, 6.07) is 11.7. The van der Waals surface area contributed by atoms with E-state index < -0.39 is 0 Å². The molecule has 0 atom stereocenters. The van der Waals surface area contributed by atoms with Crippen LogP contribution >= 0.6 is 0 Å². The average molecular weight is 355 g/mol. The topological polar surface area (TPSA) is 73.8 Å². The molecular formula is C19H21N3O4. The van der Waals surface area contributed by atoms with E-state index in [0.717, 1.165) is 42.5 Å². The number of aryl methyl sites for hydroxylation is 1. The summed E-state index contributed by atoms with van der Waals surface area (Å²) >= 11 is 0. The standard InChI is InChI=1S/C19H21N3O4/c1-13-3-6-16(24-13)9-22-10-17(11-22)25-15-7-4-14(5-8-15)19-20-18(12-23-2)26-21-19/h3-8,17H,9-12H2,1-2H3. The Morgan fingerprint density at radius 3 is 2.65 bits per heavy atom. The summed E-state index contributed by atoms with van der Waals surface area (Å²) in [6.07, 6.45) is 0.204. The summed E-state index contributed by atoms with van der Waals surface area (Å²) in [7, 11) is 1.59. The quantitative estimate of drug-likeness (QED) is 0.645. The monoisotopic (exact) mass is 355 g/mol. The SMILES string of the molecule is COCc1nc(-c2ccc(OC3CN(Cc4ccc(C)o4)C3)cc2)no1. The van der Waals surface area contributed by atoms with Gasteiger partial charge in [0.2, 0.25) is 5.82 Å². The molecule has 0 radical (unpaired) electrons. The molecule has 3 heterocycles. The van der Waals surface area contributed by atoms with Crippen LogP contribution in [-0.2, 0) is 17.9 Å². The molecule has 1 fully saturated rings. The third-order valence-corrected chi connectivity index (χ3v) is 4.25. The van der Waals surface area contributed by atoms with Crippen molar-refractivity contribution in [3.8, 4) is 17.1 Å². The van der Waals surface area contributed by atoms with E-state index in [1.807, 2.05) is 43.3 Å². The van der Waals surface area contributed by atoms with E-state index in [0.29, 0.717) is 18.3 Å². The fourth-order valence-electron chi connectivity index (χ4n) is 2.95. The van der Waals surface area contributed by atoms with Crippen molar-refractivity contribution in [2.75, 3.05) is 20.2 Å². The number of aromatic nitrogens is 2. The van der Waals surface area contributed by atoms with Gasteiger partial charge in [-0.25, -0.2) is 0 Å². The van der Waals surface area contributed by atoms with Gasteiger partial charge in [-0.15, -0.1) is 0 Å². The van der Waals surface area contributed by atoms with Gasteiger partial charge < -0.3 is 18.4 Å². The minimum absolute atomic E-state index is 0.204. The first-order chi connectivity index (χ1) is 12.7. The number of methoxy groups -OCH3 is 1. The number of likely N-dealkylation sites (tertiary alicyclic amines) is 1. The van der Waals surface area contributed by atoms with Crippen molar-refractivity contribution in [3.63, 3.8) is 0 Å². The van der Waals surface area contributed by atoms with Crippen LogP contribution in [0, 0.1) is 6.92 Å². The van der Waals surface area contributed by atoms with Gasteiger partial charge in [0.15, 0.2) is 0 Å². The van der Waals surface area contributed by atoms with Crippen LogP contribution < -0.4 is 4.74 Å². The molecule has 1 aromatic carbocycles. The van der Waals surface area contributed by atoms with Crippen LogP contribution in [-0.4, -0.2) is 41.3 Å². The van der Waals surface area contributed by atoms with Gasteiger partial charge in [0, 0.05) is 25.8 Å². The van der Waals surface area contributed by atoms with E-state index in [1.165, 1.54) is 0 Å². The summed E-state index contributed by atoms with van der Waals surface area (Å²) in [6.45, 7) is 4.89. The van der Waals surface area contributed by atoms with E-state index in [9.17, 15) is 0 Å². The molecule has 0 unspecified atom stereocenters. The Hall–Kier alpha value is -2.64. The molecule has 0 bridgehead atoms. The van der Waals surface area contributed by atoms with Gasteiger partial charge in [-0.05, 0) is 43.3 Å². The van der Waals surface area contributed by atoms with Crippen LogP contribution in [0.5, 0.6) is 5.75 Å². The lowest BCUT2D eigenvalue weighted by atomic mass is 10.1. The van der Waals surface area contributed by atoms with Gasteiger partial charge in [-0.2, -0.15) is 4.98 Å². The van der Waals surface area contributed by atoms with Crippen LogP contribution in [0.2, 0.25) is 0 Å². The first-order valence-corrected chi connectivity index (χ1v) is 8.56. The van der Waals surface area contributed by atoms with Crippen molar-refractivity contribution in [2.45, 2.75) is 26.2 Å². The minimum atomic E-state index is 0.204. The number of hydrogen-bond acceptors (Lipinski definition) is 7. The molecule has 0 amide bonds. The Morgan fingerprint density at radius 1 is 1.15 bits per heavy atom. The van der Waals surface area contributed by atoms with Crippen LogP contribution in [0.25, 0.3) is 11.4 Å². The molecule has 1 aliphatic heterocycles. The minimum Gasteiger partial charge on any atom is -0.488 e. The van der Waals surface area contributed by atoms with Crippen molar-refractivity contribution >= 4 is 0 Å². The number of furan rings is 1. The van der Waals surface area contributed by atoms with Crippen molar-refractivity contribution in [2.24, 2.45) is 0 Å². The molecule has 1 saturated heterocycles. The van der Waals surface area contributed by atoms with Gasteiger partial charge in [-0.1, -0.05) is 5.16 Å². The molecule has 3 aromatic rings. The van der Waals surface area contributed by atoms with Crippen molar-refractivity contribution in [3.05, 3.63) is 53.8 Å². The highest BCUT2D eigenvalue weighted by Crippen LogP contribution is 2.24. The largest absolute Gasteiger partial charge is 0.488 e. The second-order valence-corrected chi connectivity index (χ2v) is 6.42. The van der Waals surface area contributed by atoms with Gasteiger partial charge in [0.05, 0.1) is 6.54 Å². The number of ether oxygens (including phenoxy) is 2. The zero-order valence-electron chi connectivity index (χ0n) is 14.8. The highest BCUT2D eigenvalue weighted by molar-refractivity contribution is 5.55. The van der Waals surface area contributed by atoms with Crippen LogP contribution in [0.15, 0.2) is 45.3 Å². The van der Waals surface area contributed by atoms with E-state index in [-0.39, 0.29) is 6.10 Å². The summed E-state index contributed by atoms with van der Waals surface area (Å²) in [5.41, 5.74) is 0.881. The molecule has 0 spiro atoms. The molecule has 4 rings (SSSR count). The van der Waals surface area contributed by atoms with E-state index in [4.69, 9.17) is 18.4 Å². The highest BCUT2D eigenvalue weighted by Gasteiger charge is 2.29. The van der Waals surface area contributed by atoms with Crippen molar-refractivity contribution in [1.82, 2.24) is 15.0 Å². The molecule has 2 aromatic heterocycles. The van der Waals surface area contributed by atoms with Gasteiger partial charge >= 0.3 is 0 Å². The summed E-state index contributed by atoms with van der Waals surface area (Å²) in [5, 5.41) is 3.95. The zero-order chi connectivity index (χ0) is 17.9. The lowest BCUT2D eigenvalue weighted by molar-refractivity contribution is 0.0106. The second-order valence-electron chi connectivity index (χ2n) is 6.42. The fraction of sp³-hybridized carbons (Fsp3) is 0.368. The van der Waals surface area contributed by atoms with E-state index in [1.54, 1.807) is 7.11 Å². The Balaban J connectivity index is 1.28. The third kappa shape index (κ3) is 3.79. The van der Waals surface area contributed by atoms with Crippen molar-refractivity contribution in [1.29, 1.82) is 0 Å². The number of rotatable bonds is 7. The maximum atomic E-state index is 6.00. The smallest absolute Gasteiger partial charge is 0.252 e. The van der Waals surface area contributed by atoms with E-state index >= 15 is 0 Å². The molecule has 0 saturated carbocycles. The summed E-state index contributed by atoms with van der Waals surface area (Å²) < 4.78 is 21.7. The zero-order valence-corrected chi connectivity index (χ0v) is 14.8. The number of hydrogen-bond donors (Lipinski definition) is 0. The molecule has 26 heavy (non-hydrogen) atoms. The van der Waals surface area contributed by atoms with Crippen LogP contribution in [0.3, 0.4) is 0 Å². The first-order valence-electron chi connectivity index (χ1n) is 8.56. The van der Waals surface area contributed by atoms with Gasteiger partial charge in [-0.3, -0.25) is 4.90 Å². The summed E-state index contributed by atoms with van der Waals surface area (Å²) in [4.78, 5) is 6.58. The Bertz CT molecular complexity index is 850. The Kier molecular flexibility index (Phi) is 4.73. The Morgan fingerprint density at radius 2 is 1.96 bits per heavy atom. The van der Waals surface area contributed by atoms with Crippen LogP contribution in [0.1, 0.15) is 17.4 Å². The molecule has 136 valence electrons. The molecule has 7 nitrogen and oxygen atoms in total. The third-order valence-electron chi connectivity index (χ3n) is 4.25. The second kappa shape index (κ2) is 7.31. The van der Waals surface area contributed by atoms with E-state index in [2.05, 4.69) is 15.0 Å². The van der Waals surface area contributed by atoms with Gasteiger partial charge in [0.1, 0.15) is 30.0 Å². The predicted molar refractivity (Wildman–Crippen MR) is 93.6 cm³/mol. The van der Waals surface area contributed by atoms with Crippen molar-refractivity contribution < 1.29 is 18.4 Å². The fourth-order valence-corrected chi connectivity index (χ4v) is 2.95. The molecule has 7 heteroatoms. The Labute approximate surface area is 151 Å². The van der Waals surface area contributed by atoms with Crippen LogP contribution in [0.4, 0.5) is 0 Å². The summed E-state index contributed by atoms with van der Waals surface area (Å²) in [5.74, 6) is 3.80. The number of benzene rings is 1.